The van der Waals surface area contributed by atoms with Gasteiger partial charge < -0.3 is 15.6 Å². The number of ether oxygens (including phenoxy) is 1. The van der Waals surface area contributed by atoms with Gasteiger partial charge in [-0.15, -0.1) is 0 Å². The van der Waals surface area contributed by atoms with Gasteiger partial charge in [0.1, 0.15) is 0 Å². The first-order chi connectivity index (χ1) is 6.09. The number of anilines is 1. The van der Waals surface area contributed by atoms with Gasteiger partial charge in [-0.3, -0.25) is 0 Å². The third-order valence-electron chi connectivity index (χ3n) is 1.38. The summed E-state index contributed by atoms with van der Waals surface area (Å²) >= 11 is 0. The minimum Gasteiger partial charge on any atom is -0.479 e. The molecule has 0 aliphatic heterocycles. The van der Waals surface area contributed by atoms with Crippen molar-refractivity contribution in [3.8, 4) is 5.88 Å². The molecule has 0 saturated carbocycles. The van der Waals surface area contributed by atoms with Gasteiger partial charge in [-0.05, 0) is 13.0 Å². The first kappa shape index (κ1) is 9.31. The van der Waals surface area contributed by atoms with Gasteiger partial charge in [0.2, 0.25) is 5.88 Å². The summed E-state index contributed by atoms with van der Waals surface area (Å²) in [6.07, 6.45) is 1.42. The number of hydrogen-bond acceptors (Lipinski definition) is 4. The lowest BCUT2D eigenvalue weighted by Gasteiger charge is -2.05. The number of nitrogens with zero attached hydrogens (tertiary/aromatic N) is 1. The van der Waals surface area contributed by atoms with Crippen LogP contribution in [0.15, 0.2) is 12.3 Å². The van der Waals surface area contributed by atoms with Gasteiger partial charge in [-0.25, -0.2) is 9.78 Å². The van der Waals surface area contributed by atoms with E-state index in [4.69, 9.17) is 15.6 Å². The first-order valence-electron chi connectivity index (χ1n) is 3.66. The number of hydrogen-bond donors (Lipinski definition) is 2. The third-order valence-corrected chi connectivity index (χ3v) is 1.38. The zero-order valence-corrected chi connectivity index (χ0v) is 7.15. The molecule has 0 aliphatic carbocycles. The quantitative estimate of drug-likeness (QED) is 0.708. The van der Waals surface area contributed by atoms with Gasteiger partial charge in [-0.1, -0.05) is 0 Å². The highest BCUT2D eigenvalue weighted by atomic mass is 16.5. The molecule has 13 heavy (non-hydrogen) atoms. The van der Waals surface area contributed by atoms with Crippen molar-refractivity contribution >= 4 is 11.7 Å². The van der Waals surface area contributed by atoms with E-state index in [1.54, 1.807) is 13.0 Å². The van der Waals surface area contributed by atoms with E-state index in [1.807, 2.05) is 0 Å². The lowest BCUT2D eigenvalue weighted by atomic mass is 10.3. The topological polar surface area (TPSA) is 85.4 Å². The Morgan fingerprint density at radius 1 is 1.77 bits per heavy atom. The summed E-state index contributed by atoms with van der Waals surface area (Å²) in [5.41, 5.74) is 6.70. The van der Waals surface area contributed by atoms with Crippen LogP contribution in [0.5, 0.6) is 5.88 Å². The number of carbonyl (C=O) groups is 1. The van der Waals surface area contributed by atoms with Crippen molar-refractivity contribution in [1.29, 1.82) is 0 Å². The number of rotatable bonds is 3. The number of nitrogen functional groups attached to an aromatic ring is 1. The standard InChI is InChI=1S/C8H10N2O3/c1-5-2-6(9)3-10-8(5)13-4-7(11)12/h2-3H,4,9H2,1H3,(H,11,12). The minimum absolute atomic E-state index is 0.302. The molecule has 0 amide bonds. The fourth-order valence-electron chi connectivity index (χ4n) is 0.865. The maximum atomic E-state index is 10.2. The van der Waals surface area contributed by atoms with Crippen LogP contribution in [0.25, 0.3) is 0 Å². The Labute approximate surface area is 75.2 Å². The Bertz CT molecular complexity index is 325. The molecule has 1 heterocycles. The Morgan fingerprint density at radius 2 is 2.46 bits per heavy atom. The fourth-order valence-corrected chi connectivity index (χ4v) is 0.865. The Hall–Kier alpha value is -1.78. The van der Waals surface area contributed by atoms with Gasteiger partial charge in [0.25, 0.3) is 0 Å². The van der Waals surface area contributed by atoms with Crippen LogP contribution in [0.3, 0.4) is 0 Å². The summed E-state index contributed by atoms with van der Waals surface area (Å²) in [5, 5.41) is 8.34. The van der Waals surface area contributed by atoms with Crippen molar-refractivity contribution in [2.24, 2.45) is 0 Å². The zero-order chi connectivity index (χ0) is 9.84. The molecule has 3 N–H and O–H groups in total. The lowest BCUT2D eigenvalue weighted by Crippen LogP contribution is -2.11. The molecule has 5 nitrogen and oxygen atoms in total. The van der Waals surface area contributed by atoms with Crippen molar-refractivity contribution in [2.45, 2.75) is 6.92 Å². The van der Waals surface area contributed by atoms with E-state index in [2.05, 4.69) is 4.98 Å². The second kappa shape index (κ2) is 3.75. The largest absolute Gasteiger partial charge is 0.479 e. The van der Waals surface area contributed by atoms with Crippen molar-refractivity contribution in [3.63, 3.8) is 0 Å². The average molecular weight is 182 g/mol. The van der Waals surface area contributed by atoms with Gasteiger partial charge in [0, 0.05) is 5.56 Å². The molecule has 1 rings (SSSR count). The number of aryl methyl sites for hydroxylation is 1. The van der Waals surface area contributed by atoms with Crippen LogP contribution in [0.1, 0.15) is 5.56 Å². The number of aromatic nitrogens is 1. The highest BCUT2D eigenvalue weighted by molar-refractivity contribution is 5.68. The fraction of sp³-hybridized carbons (Fsp3) is 0.250. The second-order valence-corrected chi connectivity index (χ2v) is 2.57. The number of nitrogens with two attached hydrogens (primary N) is 1. The van der Waals surface area contributed by atoms with Gasteiger partial charge in [0.15, 0.2) is 6.61 Å². The number of carboxylic acids is 1. The van der Waals surface area contributed by atoms with Crippen molar-refractivity contribution < 1.29 is 14.6 Å². The molecule has 0 aromatic carbocycles. The minimum atomic E-state index is -1.03. The predicted molar refractivity (Wildman–Crippen MR) is 46.5 cm³/mol. The molecule has 0 bridgehead atoms. The van der Waals surface area contributed by atoms with Crippen LogP contribution in [-0.4, -0.2) is 22.7 Å². The molecule has 0 aliphatic rings. The molecule has 0 spiro atoms. The van der Waals surface area contributed by atoms with E-state index >= 15 is 0 Å². The van der Waals surface area contributed by atoms with E-state index in [0.717, 1.165) is 5.56 Å². The summed E-state index contributed by atoms with van der Waals surface area (Å²) in [5.74, 6) is -0.727. The lowest BCUT2D eigenvalue weighted by molar-refractivity contribution is -0.139. The normalized spacial score (nSPS) is 9.62. The van der Waals surface area contributed by atoms with Crippen LogP contribution < -0.4 is 10.5 Å². The smallest absolute Gasteiger partial charge is 0.341 e. The van der Waals surface area contributed by atoms with E-state index in [0.29, 0.717) is 11.6 Å². The Kier molecular flexibility index (Phi) is 2.69. The summed E-state index contributed by atoms with van der Waals surface area (Å²) in [4.78, 5) is 14.0. The molecule has 70 valence electrons. The highest BCUT2D eigenvalue weighted by Gasteiger charge is 2.03. The molecule has 5 heteroatoms. The number of pyridine rings is 1. The van der Waals surface area contributed by atoms with E-state index < -0.39 is 12.6 Å². The molecule has 1 aromatic heterocycles. The van der Waals surface area contributed by atoms with Gasteiger partial charge in [-0.2, -0.15) is 0 Å². The van der Waals surface area contributed by atoms with E-state index in [1.165, 1.54) is 6.20 Å². The average Bonchev–Trinajstić information content (AvgIpc) is 2.02. The van der Waals surface area contributed by atoms with E-state index in [-0.39, 0.29) is 0 Å². The summed E-state index contributed by atoms with van der Waals surface area (Å²) in [6.45, 7) is 1.36. The van der Waals surface area contributed by atoms with Gasteiger partial charge >= 0.3 is 5.97 Å². The molecule has 0 unspecified atom stereocenters. The SMILES string of the molecule is Cc1cc(N)cnc1OCC(=O)O. The molecule has 0 atom stereocenters. The maximum absolute atomic E-state index is 10.2. The third kappa shape index (κ3) is 2.62. The predicted octanol–water partition coefficient (Wildman–Crippen LogP) is 0.436. The summed E-state index contributed by atoms with van der Waals surface area (Å²) in [7, 11) is 0. The monoisotopic (exact) mass is 182 g/mol. The van der Waals surface area contributed by atoms with Gasteiger partial charge in [0.05, 0.1) is 11.9 Å². The van der Waals surface area contributed by atoms with Crippen LogP contribution in [0, 0.1) is 6.92 Å². The highest BCUT2D eigenvalue weighted by Crippen LogP contribution is 2.15. The molecular weight excluding hydrogens is 172 g/mol. The second-order valence-electron chi connectivity index (χ2n) is 2.57. The van der Waals surface area contributed by atoms with Crippen molar-refractivity contribution in [1.82, 2.24) is 4.98 Å². The molecule has 0 saturated heterocycles. The molecular formula is C8H10N2O3. The van der Waals surface area contributed by atoms with Crippen LogP contribution >= 0.6 is 0 Å². The Morgan fingerprint density at radius 3 is 3.00 bits per heavy atom. The summed E-state index contributed by atoms with van der Waals surface area (Å²) in [6, 6.07) is 1.67. The first-order valence-corrected chi connectivity index (χ1v) is 3.66. The zero-order valence-electron chi connectivity index (χ0n) is 7.15. The van der Waals surface area contributed by atoms with Crippen molar-refractivity contribution in [3.05, 3.63) is 17.8 Å². The molecule has 1 aromatic rings. The molecule has 0 radical (unpaired) electrons. The van der Waals surface area contributed by atoms with Crippen LogP contribution in [0.4, 0.5) is 5.69 Å². The van der Waals surface area contributed by atoms with E-state index in [9.17, 15) is 4.79 Å². The molecule has 0 fully saturated rings. The van der Waals surface area contributed by atoms with Crippen molar-refractivity contribution in [2.75, 3.05) is 12.3 Å². The van der Waals surface area contributed by atoms with Crippen LogP contribution in [-0.2, 0) is 4.79 Å². The Balaban J connectivity index is 2.72. The summed E-state index contributed by atoms with van der Waals surface area (Å²) < 4.78 is 4.89. The maximum Gasteiger partial charge on any atom is 0.341 e. The van der Waals surface area contributed by atoms with Crippen LogP contribution in [0.2, 0.25) is 0 Å². The number of carboxylic acid groups (broad SMARTS) is 1. The number of aliphatic carboxylic acids is 1.